The summed E-state index contributed by atoms with van der Waals surface area (Å²) in [5.41, 5.74) is 1.32. The Balaban J connectivity index is 0.00000121. The van der Waals surface area contributed by atoms with Crippen LogP contribution in [-0.4, -0.2) is 7.11 Å². The summed E-state index contributed by atoms with van der Waals surface area (Å²) in [6.07, 6.45) is 1.02. The summed E-state index contributed by atoms with van der Waals surface area (Å²) in [7, 11) is 1.68. The second kappa shape index (κ2) is 7.18. The van der Waals surface area contributed by atoms with Gasteiger partial charge in [0, 0.05) is 0 Å². The summed E-state index contributed by atoms with van der Waals surface area (Å²) in [5.74, 6) is 0.919. The molecule has 0 spiro atoms. The van der Waals surface area contributed by atoms with Gasteiger partial charge in [0.25, 0.3) is 0 Å². The molecule has 0 heterocycles. The topological polar surface area (TPSA) is 9.23 Å². The number of halogens is 1. The summed E-state index contributed by atoms with van der Waals surface area (Å²) < 4.78 is 7.15. The van der Waals surface area contributed by atoms with Gasteiger partial charge in [0.1, 0.15) is 5.75 Å². The predicted molar refractivity (Wildman–Crippen MR) is 55.0 cm³/mol. The third kappa shape index (κ3) is 4.12. The van der Waals surface area contributed by atoms with Crippen LogP contribution in [0.15, 0.2) is 24.3 Å². The van der Waals surface area contributed by atoms with Gasteiger partial charge in [0.2, 0.25) is 0 Å². The molecule has 1 aromatic carbocycles. The van der Waals surface area contributed by atoms with Crippen LogP contribution in [0.3, 0.4) is 0 Å². The largest absolute Gasteiger partial charge is 1.00 e. The first-order chi connectivity index (χ1) is 5.36. The molecule has 0 N–H and O–H groups in total. The number of methoxy groups -OCH3 is 1. The van der Waals surface area contributed by atoms with Crippen molar-refractivity contribution in [2.75, 3.05) is 7.11 Å². The minimum atomic E-state index is 0. The van der Waals surface area contributed by atoms with Crippen molar-refractivity contribution in [2.45, 2.75) is 6.42 Å². The van der Waals surface area contributed by atoms with E-state index in [1.807, 2.05) is 12.1 Å². The number of rotatable bonds is 3. The van der Waals surface area contributed by atoms with Gasteiger partial charge in [-0.2, -0.15) is 0 Å². The molecule has 0 amide bonds. The summed E-state index contributed by atoms with van der Waals surface area (Å²) in [4.78, 5) is 0. The molecule has 3 heteroatoms. The molecule has 0 saturated heterocycles. The Morgan fingerprint density at radius 2 is 1.92 bits per heavy atom. The number of hydrogen-bond acceptors (Lipinski definition) is 1. The Kier molecular flexibility index (Phi) is 7.63. The summed E-state index contributed by atoms with van der Waals surface area (Å²) >= 11 is 2.25. The van der Waals surface area contributed by atoms with E-state index < -0.39 is 0 Å². The quantitative estimate of drug-likeness (QED) is 0.426. The fourth-order valence-corrected chi connectivity index (χ4v) is 1.36. The van der Waals surface area contributed by atoms with Gasteiger partial charge in [-0.3, -0.25) is 4.43 Å². The van der Waals surface area contributed by atoms with Crippen LogP contribution in [0.1, 0.15) is 5.56 Å². The Bertz CT molecular complexity index is 210. The molecule has 0 aliphatic rings. The standard InChI is InChI=1S/C9H10IO.Na/c1-11-9-4-2-8(3-5-9)6-7-10;/h2-5,7H,6H2,1H3;/q-1;+1. The molecule has 0 bridgehead atoms. The first-order valence-electron chi connectivity index (χ1n) is 3.41. The Morgan fingerprint density at radius 3 is 2.33 bits per heavy atom. The average Bonchev–Trinajstić information content (AvgIpc) is 2.07. The smallest absolute Gasteiger partial charge is 0.497 e. The molecule has 1 aromatic rings. The van der Waals surface area contributed by atoms with Crippen molar-refractivity contribution in [3.05, 3.63) is 34.3 Å². The van der Waals surface area contributed by atoms with E-state index in [9.17, 15) is 0 Å². The van der Waals surface area contributed by atoms with Crippen LogP contribution >= 0.6 is 22.6 Å². The third-order valence-corrected chi connectivity index (χ3v) is 1.91. The fraction of sp³-hybridized carbons (Fsp3) is 0.222. The molecule has 0 atom stereocenters. The van der Waals surface area contributed by atoms with E-state index in [1.165, 1.54) is 5.56 Å². The van der Waals surface area contributed by atoms with Crippen LogP contribution < -0.4 is 34.3 Å². The molecule has 0 saturated carbocycles. The van der Waals surface area contributed by atoms with Crippen molar-refractivity contribution >= 4 is 22.6 Å². The molecule has 1 nitrogen and oxygen atoms in total. The van der Waals surface area contributed by atoms with Crippen molar-refractivity contribution in [3.63, 3.8) is 0 Å². The molecule has 1 rings (SSSR count). The molecule has 0 unspecified atom stereocenters. The van der Waals surface area contributed by atoms with Crippen LogP contribution in [0.2, 0.25) is 0 Å². The van der Waals surface area contributed by atoms with Crippen LogP contribution in [0.5, 0.6) is 5.75 Å². The summed E-state index contributed by atoms with van der Waals surface area (Å²) in [5, 5.41) is 0. The van der Waals surface area contributed by atoms with Gasteiger partial charge < -0.3 is 27.3 Å². The van der Waals surface area contributed by atoms with Crippen LogP contribution in [0.25, 0.3) is 0 Å². The third-order valence-electron chi connectivity index (χ3n) is 1.47. The Labute approximate surface area is 109 Å². The van der Waals surface area contributed by atoms with E-state index >= 15 is 0 Å². The molecule has 0 aromatic heterocycles. The van der Waals surface area contributed by atoms with Crippen LogP contribution in [-0.2, 0) is 6.42 Å². The first-order valence-corrected chi connectivity index (χ1v) is 4.66. The zero-order valence-electron chi connectivity index (χ0n) is 7.38. The van der Waals surface area contributed by atoms with Crippen molar-refractivity contribution in [2.24, 2.45) is 0 Å². The molecule has 0 fully saturated rings. The monoisotopic (exact) mass is 284 g/mol. The van der Waals surface area contributed by atoms with Crippen molar-refractivity contribution in [1.29, 1.82) is 0 Å². The molecular weight excluding hydrogens is 274 g/mol. The zero-order valence-corrected chi connectivity index (χ0v) is 11.5. The van der Waals surface area contributed by atoms with E-state index in [1.54, 1.807) is 7.11 Å². The SMILES string of the molecule is COc1ccc(C[CH-]I)cc1.[Na+]. The maximum absolute atomic E-state index is 5.04. The van der Waals surface area contributed by atoms with Gasteiger partial charge in [-0.25, -0.2) is 0 Å². The maximum atomic E-state index is 5.04. The van der Waals surface area contributed by atoms with E-state index in [0.717, 1.165) is 12.2 Å². The van der Waals surface area contributed by atoms with Crippen LogP contribution in [0.4, 0.5) is 0 Å². The minimum Gasteiger partial charge on any atom is -0.497 e. The van der Waals surface area contributed by atoms with E-state index in [4.69, 9.17) is 4.74 Å². The number of benzene rings is 1. The summed E-state index contributed by atoms with van der Waals surface area (Å²) in [6, 6.07) is 8.12. The van der Waals surface area contributed by atoms with Crippen LogP contribution in [0, 0.1) is 4.43 Å². The van der Waals surface area contributed by atoms with E-state index in [-0.39, 0.29) is 29.6 Å². The van der Waals surface area contributed by atoms with Gasteiger partial charge in [-0.15, -0.1) is 6.42 Å². The second-order valence-electron chi connectivity index (χ2n) is 2.21. The normalized spacial score (nSPS) is 8.83. The van der Waals surface area contributed by atoms with Gasteiger partial charge >= 0.3 is 29.6 Å². The average molecular weight is 284 g/mol. The molecule has 0 aliphatic heterocycles. The number of hydrogen-bond donors (Lipinski definition) is 0. The van der Waals surface area contributed by atoms with Crippen molar-refractivity contribution < 1.29 is 34.3 Å². The fourth-order valence-electron chi connectivity index (χ4n) is 0.851. The van der Waals surface area contributed by atoms with Gasteiger partial charge in [-0.1, -0.05) is 17.7 Å². The molecule has 0 radical (unpaired) electrons. The van der Waals surface area contributed by atoms with Gasteiger partial charge in [0.05, 0.1) is 7.11 Å². The van der Waals surface area contributed by atoms with Crippen molar-refractivity contribution in [3.8, 4) is 5.75 Å². The molecule has 0 aliphatic carbocycles. The Hall–Kier alpha value is 0.750. The van der Waals surface area contributed by atoms with Gasteiger partial charge in [-0.05, 0) is 12.1 Å². The predicted octanol–water partition coefficient (Wildman–Crippen LogP) is -0.162. The number of ether oxygens (including phenoxy) is 1. The maximum Gasteiger partial charge on any atom is 1.00 e. The minimum absolute atomic E-state index is 0. The van der Waals surface area contributed by atoms with Gasteiger partial charge in [0.15, 0.2) is 0 Å². The molecule has 12 heavy (non-hydrogen) atoms. The Morgan fingerprint density at radius 1 is 1.33 bits per heavy atom. The first kappa shape index (κ1) is 12.8. The summed E-state index contributed by atoms with van der Waals surface area (Å²) in [6.45, 7) is 0. The van der Waals surface area contributed by atoms with Crippen molar-refractivity contribution in [1.82, 2.24) is 0 Å². The second-order valence-corrected chi connectivity index (χ2v) is 3.09. The molecule has 60 valence electrons. The van der Waals surface area contributed by atoms with E-state index in [0.29, 0.717) is 0 Å². The zero-order chi connectivity index (χ0) is 8.10. The van der Waals surface area contributed by atoms with E-state index in [2.05, 4.69) is 39.2 Å². The molecular formula is C9H10INaO.